The van der Waals surface area contributed by atoms with Crippen LogP contribution in [0.3, 0.4) is 0 Å². The Balaban J connectivity index is 1.59. The van der Waals surface area contributed by atoms with Crippen molar-refractivity contribution < 1.29 is 19.1 Å². The van der Waals surface area contributed by atoms with Gasteiger partial charge in [-0.15, -0.1) is 0 Å². The zero-order valence-electron chi connectivity index (χ0n) is 15.7. The summed E-state index contributed by atoms with van der Waals surface area (Å²) in [7, 11) is 0. The van der Waals surface area contributed by atoms with Crippen LogP contribution in [0.2, 0.25) is 5.02 Å². The minimum Gasteiger partial charge on any atom is -0.506 e. The van der Waals surface area contributed by atoms with Gasteiger partial charge in [0.15, 0.2) is 5.76 Å². The van der Waals surface area contributed by atoms with Crippen LogP contribution in [0.25, 0.3) is 0 Å². The summed E-state index contributed by atoms with van der Waals surface area (Å²) >= 11 is 5.88. The molecule has 6 heteroatoms. The maximum Gasteiger partial charge on any atom is 0.291 e. The summed E-state index contributed by atoms with van der Waals surface area (Å²) in [6.45, 7) is 4.56. The van der Waals surface area contributed by atoms with E-state index in [1.165, 1.54) is 23.8 Å². The first-order valence-electron chi connectivity index (χ1n) is 9.07. The Morgan fingerprint density at radius 3 is 2.64 bits per heavy atom. The molecule has 1 atom stereocenters. The van der Waals surface area contributed by atoms with Crippen LogP contribution in [-0.2, 0) is 6.61 Å². The van der Waals surface area contributed by atoms with Crippen LogP contribution in [-0.4, -0.2) is 11.0 Å². The number of amides is 1. The zero-order valence-corrected chi connectivity index (χ0v) is 16.5. The number of phenolic OH excluding ortho intramolecular Hbond substituents is 1. The van der Waals surface area contributed by atoms with E-state index < -0.39 is 5.91 Å². The third-order valence-corrected chi connectivity index (χ3v) is 4.77. The van der Waals surface area contributed by atoms with Crippen molar-refractivity contribution in [1.82, 2.24) is 0 Å². The van der Waals surface area contributed by atoms with E-state index in [1.54, 1.807) is 12.1 Å². The molecule has 0 aliphatic rings. The second-order valence-electron chi connectivity index (χ2n) is 6.55. The summed E-state index contributed by atoms with van der Waals surface area (Å²) in [6, 6.07) is 15.6. The second-order valence-corrected chi connectivity index (χ2v) is 6.98. The number of hydrogen-bond acceptors (Lipinski definition) is 4. The van der Waals surface area contributed by atoms with Gasteiger partial charge in [-0.1, -0.05) is 37.6 Å². The molecule has 0 spiro atoms. The Labute approximate surface area is 168 Å². The van der Waals surface area contributed by atoms with Crippen molar-refractivity contribution in [3.8, 4) is 11.5 Å². The highest BCUT2D eigenvalue weighted by Crippen LogP contribution is 2.27. The summed E-state index contributed by atoms with van der Waals surface area (Å²) in [5, 5.41) is 12.8. The number of phenols is 1. The molecule has 28 heavy (non-hydrogen) atoms. The number of nitrogens with one attached hydrogen (secondary N) is 1. The molecule has 0 fully saturated rings. The molecule has 3 aromatic rings. The number of benzene rings is 2. The van der Waals surface area contributed by atoms with Crippen LogP contribution in [0.4, 0.5) is 5.69 Å². The van der Waals surface area contributed by atoms with Gasteiger partial charge < -0.3 is 19.6 Å². The highest BCUT2D eigenvalue weighted by atomic mass is 35.5. The normalized spacial score (nSPS) is 11.8. The first kappa shape index (κ1) is 19.8. The number of aromatic hydroxyl groups is 1. The predicted molar refractivity (Wildman–Crippen MR) is 109 cm³/mol. The number of carbonyl (C=O) groups excluding carboxylic acids is 1. The van der Waals surface area contributed by atoms with Gasteiger partial charge in [-0.25, -0.2) is 0 Å². The second kappa shape index (κ2) is 8.85. The van der Waals surface area contributed by atoms with E-state index in [9.17, 15) is 9.90 Å². The molecule has 0 bridgehead atoms. The maximum atomic E-state index is 12.3. The van der Waals surface area contributed by atoms with Gasteiger partial charge in [0, 0.05) is 5.02 Å². The SMILES string of the molecule is CCC(C)c1ccc(OCc2ccc(C(=O)Nc3cc(Cl)ccc3O)o2)cc1. The van der Waals surface area contributed by atoms with E-state index in [4.69, 9.17) is 20.8 Å². The van der Waals surface area contributed by atoms with Crippen LogP contribution in [0.15, 0.2) is 59.0 Å². The lowest BCUT2D eigenvalue weighted by molar-refractivity contribution is 0.0992. The van der Waals surface area contributed by atoms with E-state index in [1.807, 2.05) is 12.1 Å². The Kier molecular flexibility index (Phi) is 6.26. The lowest BCUT2D eigenvalue weighted by Gasteiger charge is -2.10. The van der Waals surface area contributed by atoms with E-state index in [2.05, 4.69) is 31.3 Å². The van der Waals surface area contributed by atoms with Crippen molar-refractivity contribution in [2.45, 2.75) is 32.8 Å². The van der Waals surface area contributed by atoms with Gasteiger partial charge in [0.05, 0.1) is 5.69 Å². The molecule has 0 radical (unpaired) electrons. The Hall–Kier alpha value is -2.92. The van der Waals surface area contributed by atoms with Crippen molar-refractivity contribution in [1.29, 1.82) is 0 Å². The minimum atomic E-state index is -0.485. The van der Waals surface area contributed by atoms with E-state index >= 15 is 0 Å². The van der Waals surface area contributed by atoms with Crippen LogP contribution in [0.5, 0.6) is 11.5 Å². The predicted octanol–water partition coefficient (Wildman–Crippen LogP) is 5.98. The van der Waals surface area contributed by atoms with Crippen molar-refractivity contribution in [3.05, 3.63) is 76.7 Å². The number of furan rings is 1. The first-order valence-corrected chi connectivity index (χ1v) is 9.45. The number of carbonyl (C=O) groups is 1. The van der Waals surface area contributed by atoms with Crippen molar-refractivity contribution in [3.63, 3.8) is 0 Å². The number of rotatable bonds is 7. The Bertz CT molecular complexity index is 949. The fraction of sp³-hybridized carbons (Fsp3) is 0.227. The van der Waals surface area contributed by atoms with Gasteiger partial charge in [-0.2, -0.15) is 0 Å². The molecule has 5 nitrogen and oxygen atoms in total. The summed E-state index contributed by atoms with van der Waals surface area (Å²) in [5.74, 6) is 1.32. The van der Waals surface area contributed by atoms with Crippen LogP contribution < -0.4 is 10.1 Å². The van der Waals surface area contributed by atoms with Crippen LogP contribution >= 0.6 is 11.6 Å². The molecular formula is C22H22ClNO4. The largest absolute Gasteiger partial charge is 0.506 e. The molecular weight excluding hydrogens is 378 g/mol. The topological polar surface area (TPSA) is 71.7 Å². The quantitative estimate of drug-likeness (QED) is 0.479. The standard InChI is InChI=1S/C22H22ClNO4/c1-3-14(2)15-4-7-17(8-5-15)27-13-18-9-11-21(28-18)22(26)24-19-12-16(23)6-10-20(19)25/h4-12,14,25H,3,13H2,1-2H3,(H,24,26). The summed E-state index contributed by atoms with van der Waals surface area (Å²) < 4.78 is 11.3. The molecule has 0 saturated carbocycles. The van der Waals surface area contributed by atoms with Crippen LogP contribution in [0, 0.1) is 0 Å². The number of anilines is 1. The molecule has 1 unspecified atom stereocenters. The molecule has 1 aromatic heterocycles. The van der Waals surface area contributed by atoms with Gasteiger partial charge >= 0.3 is 0 Å². The molecule has 2 aromatic carbocycles. The maximum absolute atomic E-state index is 12.3. The van der Waals surface area contributed by atoms with Gasteiger partial charge in [0.1, 0.15) is 23.9 Å². The van der Waals surface area contributed by atoms with Gasteiger partial charge in [-0.3, -0.25) is 4.79 Å². The Morgan fingerprint density at radius 1 is 1.18 bits per heavy atom. The highest BCUT2D eigenvalue weighted by Gasteiger charge is 2.14. The van der Waals surface area contributed by atoms with Gasteiger partial charge in [0.25, 0.3) is 5.91 Å². The third-order valence-electron chi connectivity index (χ3n) is 4.53. The molecule has 1 amide bonds. The lowest BCUT2D eigenvalue weighted by atomic mass is 9.99. The molecule has 2 N–H and O–H groups in total. The fourth-order valence-electron chi connectivity index (χ4n) is 2.65. The molecule has 0 aliphatic carbocycles. The molecule has 3 rings (SSSR count). The van der Waals surface area contributed by atoms with Crippen LogP contribution in [0.1, 0.15) is 48.1 Å². The average Bonchev–Trinajstić information content (AvgIpc) is 3.18. The molecule has 0 aliphatic heterocycles. The lowest BCUT2D eigenvalue weighted by Crippen LogP contribution is -2.11. The molecule has 1 heterocycles. The smallest absolute Gasteiger partial charge is 0.291 e. The third kappa shape index (κ3) is 4.87. The van der Waals surface area contributed by atoms with E-state index in [0.717, 1.165) is 12.2 Å². The number of halogens is 1. The molecule has 0 saturated heterocycles. The Morgan fingerprint density at radius 2 is 1.93 bits per heavy atom. The highest BCUT2D eigenvalue weighted by molar-refractivity contribution is 6.31. The van der Waals surface area contributed by atoms with Crippen molar-refractivity contribution in [2.75, 3.05) is 5.32 Å². The molecule has 146 valence electrons. The van der Waals surface area contributed by atoms with Gasteiger partial charge in [-0.05, 0) is 60.4 Å². The first-order chi connectivity index (χ1) is 13.5. The summed E-state index contributed by atoms with van der Waals surface area (Å²) in [4.78, 5) is 12.3. The van der Waals surface area contributed by atoms with E-state index in [0.29, 0.717) is 16.7 Å². The zero-order chi connectivity index (χ0) is 20.1. The number of ether oxygens (including phenoxy) is 1. The van der Waals surface area contributed by atoms with Crippen molar-refractivity contribution in [2.24, 2.45) is 0 Å². The number of hydrogen-bond donors (Lipinski definition) is 2. The van der Waals surface area contributed by atoms with E-state index in [-0.39, 0.29) is 23.8 Å². The van der Waals surface area contributed by atoms with Crippen molar-refractivity contribution >= 4 is 23.2 Å². The summed E-state index contributed by atoms with van der Waals surface area (Å²) in [6.07, 6.45) is 1.09. The summed E-state index contributed by atoms with van der Waals surface area (Å²) in [5.41, 5.74) is 1.49. The van der Waals surface area contributed by atoms with Gasteiger partial charge in [0.2, 0.25) is 0 Å². The average molecular weight is 400 g/mol. The fourth-order valence-corrected chi connectivity index (χ4v) is 2.82. The minimum absolute atomic E-state index is 0.0753. The monoisotopic (exact) mass is 399 g/mol.